The number of rotatable bonds is 4. The fraction of sp³-hybridized carbons (Fsp3) is 0.286. The number of hydrogen-bond acceptors (Lipinski definition) is 0. The predicted molar refractivity (Wildman–Crippen MR) is 64.0 cm³/mol. The Morgan fingerprint density at radius 3 is 2.20 bits per heavy atom. The molecule has 1 heteroatoms. The molecule has 0 saturated heterocycles. The number of halogens is 1. The molecule has 0 aromatic heterocycles. The van der Waals surface area contributed by atoms with Gasteiger partial charge in [0.2, 0.25) is 0 Å². The zero-order valence-electron chi connectivity index (χ0n) is 9.39. The van der Waals surface area contributed by atoms with Crippen LogP contribution < -0.4 is 0 Å². The summed E-state index contributed by atoms with van der Waals surface area (Å²) < 4.78 is 12.7. The third kappa shape index (κ3) is 3.35. The van der Waals surface area contributed by atoms with Gasteiger partial charge in [-0.25, -0.2) is 4.39 Å². The lowest BCUT2D eigenvalue weighted by atomic mass is 9.94. The van der Waals surface area contributed by atoms with E-state index in [0.717, 1.165) is 23.1 Å². The molecule has 0 atom stereocenters. The minimum absolute atomic E-state index is 0.214. The minimum atomic E-state index is -0.214. The van der Waals surface area contributed by atoms with Gasteiger partial charge in [-0.3, -0.25) is 0 Å². The zero-order valence-corrected chi connectivity index (χ0v) is 9.39. The molecule has 1 rings (SSSR count). The molecule has 0 heterocycles. The standard InChI is InChI=1S/C14H17F/c1-10(2)11(3)9-12(4)13-5-7-14(15)8-6-13/h5-8,10H,3-4,9H2,1-2H3. The van der Waals surface area contributed by atoms with E-state index in [-0.39, 0.29) is 5.82 Å². The van der Waals surface area contributed by atoms with Crippen LogP contribution in [0.3, 0.4) is 0 Å². The summed E-state index contributed by atoms with van der Waals surface area (Å²) in [6.07, 6.45) is 0.781. The number of hydrogen-bond donors (Lipinski definition) is 0. The van der Waals surface area contributed by atoms with Crippen molar-refractivity contribution in [1.29, 1.82) is 0 Å². The van der Waals surface area contributed by atoms with E-state index in [1.54, 1.807) is 12.1 Å². The van der Waals surface area contributed by atoms with Crippen LogP contribution in [-0.2, 0) is 0 Å². The monoisotopic (exact) mass is 204 g/mol. The van der Waals surface area contributed by atoms with Crippen LogP contribution in [0.15, 0.2) is 43.0 Å². The highest BCUT2D eigenvalue weighted by molar-refractivity contribution is 5.65. The van der Waals surface area contributed by atoms with Gasteiger partial charge in [-0.2, -0.15) is 0 Å². The summed E-state index contributed by atoms with van der Waals surface area (Å²) >= 11 is 0. The summed E-state index contributed by atoms with van der Waals surface area (Å²) in [4.78, 5) is 0. The molecular weight excluding hydrogens is 187 g/mol. The van der Waals surface area contributed by atoms with Crippen molar-refractivity contribution in [3.63, 3.8) is 0 Å². The smallest absolute Gasteiger partial charge is 0.123 e. The summed E-state index contributed by atoms with van der Waals surface area (Å²) in [5.41, 5.74) is 3.14. The molecule has 80 valence electrons. The molecule has 0 bridgehead atoms. The van der Waals surface area contributed by atoms with E-state index >= 15 is 0 Å². The Kier molecular flexibility index (Phi) is 3.84. The molecule has 0 radical (unpaired) electrons. The summed E-state index contributed by atoms with van der Waals surface area (Å²) in [5.74, 6) is 0.247. The topological polar surface area (TPSA) is 0 Å². The Hall–Kier alpha value is -1.37. The van der Waals surface area contributed by atoms with Gasteiger partial charge in [0, 0.05) is 0 Å². The molecule has 0 amide bonds. The molecule has 0 N–H and O–H groups in total. The quantitative estimate of drug-likeness (QED) is 0.636. The maximum Gasteiger partial charge on any atom is 0.123 e. The molecule has 15 heavy (non-hydrogen) atoms. The fourth-order valence-electron chi connectivity index (χ4n) is 1.27. The van der Waals surface area contributed by atoms with Crippen LogP contribution in [0.2, 0.25) is 0 Å². The van der Waals surface area contributed by atoms with Gasteiger partial charge in [-0.15, -0.1) is 0 Å². The molecule has 0 aliphatic rings. The summed E-state index contributed by atoms with van der Waals surface area (Å²) in [6, 6.07) is 6.42. The number of benzene rings is 1. The molecule has 0 saturated carbocycles. The van der Waals surface area contributed by atoms with Crippen molar-refractivity contribution in [2.45, 2.75) is 20.3 Å². The molecule has 1 aromatic rings. The van der Waals surface area contributed by atoms with Crippen molar-refractivity contribution in [2.75, 3.05) is 0 Å². The Morgan fingerprint density at radius 2 is 1.73 bits per heavy atom. The van der Waals surface area contributed by atoms with E-state index in [0.29, 0.717) is 5.92 Å². The first-order valence-electron chi connectivity index (χ1n) is 5.12. The van der Waals surface area contributed by atoms with Gasteiger partial charge < -0.3 is 0 Å². The van der Waals surface area contributed by atoms with Gasteiger partial charge in [0.05, 0.1) is 0 Å². The van der Waals surface area contributed by atoms with Crippen molar-refractivity contribution in [2.24, 2.45) is 5.92 Å². The van der Waals surface area contributed by atoms with Gasteiger partial charge in [0.1, 0.15) is 5.82 Å². The summed E-state index contributed by atoms with van der Waals surface area (Å²) in [5, 5.41) is 0. The average molecular weight is 204 g/mol. The van der Waals surface area contributed by atoms with Crippen LogP contribution in [-0.4, -0.2) is 0 Å². The van der Waals surface area contributed by atoms with Crippen molar-refractivity contribution in [3.05, 3.63) is 54.4 Å². The van der Waals surface area contributed by atoms with E-state index in [2.05, 4.69) is 27.0 Å². The highest BCUT2D eigenvalue weighted by atomic mass is 19.1. The maximum absolute atomic E-state index is 12.7. The van der Waals surface area contributed by atoms with Crippen LogP contribution in [0.4, 0.5) is 4.39 Å². The maximum atomic E-state index is 12.7. The van der Waals surface area contributed by atoms with Gasteiger partial charge in [-0.1, -0.05) is 44.7 Å². The first-order chi connectivity index (χ1) is 7.00. The molecular formula is C14H17F. The highest BCUT2D eigenvalue weighted by Gasteiger charge is 2.04. The van der Waals surface area contributed by atoms with Crippen molar-refractivity contribution in [3.8, 4) is 0 Å². The normalized spacial score (nSPS) is 10.4. The Labute approximate surface area is 91.1 Å². The average Bonchev–Trinajstić information content (AvgIpc) is 2.18. The summed E-state index contributed by atoms with van der Waals surface area (Å²) in [6.45, 7) is 12.2. The third-order valence-corrected chi connectivity index (χ3v) is 2.51. The van der Waals surface area contributed by atoms with Crippen molar-refractivity contribution < 1.29 is 4.39 Å². The lowest BCUT2D eigenvalue weighted by Gasteiger charge is -2.11. The predicted octanol–water partition coefficient (Wildman–Crippen LogP) is 4.44. The second-order valence-electron chi connectivity index (χ2n) is 4.10. The van der Waals surface area contributed by atoms with Crippen molar-refractivity contribution >= 4 is 5.57 Å². The van der Waals surface area contributed by atoms with Crippen molar-refractivity contribution in [1.82, 2.24) is 0 Å². The number of allylic oxidation sites excluding steroid dienone is 2. The highest BCUT2D eigenvalue weighted by Crippen LogP contribution is 2.23. The second kappa shape index (κ2) is 4.92. The first kappa shape index (κ1) is 11.7. The third-order valence-electron chi connectivity index (χ3n) is 2.51. The zero-order chi connectivity index (χ0) is 11.4. The van der Waals surface area contributed by atoms with E-state index < -0.39 is 0 Å². The molecule has 0 fully saturated rings. The molecule has 0 spiro atoms. The largest absolute Gasteiger partial charge is 0.207 e. The minimum Gasteiger partial charge on any atom is -0.207 e. The SMILES string of the molecule is C=C(CC(=C)C(C)C)c1ccc(F)cc1. The van der Waals surface area contributed by atoms with E-state index in [1.165, 1.54) is 12.1 Å². The van der Waals surface area contributed by atoms with Gasteiger partial charge >= 0.3 is 0 Å². The van der Waals surface area contributed by atoms with Crippen LogP contribution in [0.5, 0.6) is 0 Å². The van der Waals surface area contributed by atoms with E-state index in [1.807, 2.05) is 0 Å². The van der Waals surface area contributed by atoms with E-state index in [4.69, 9.17) is 0 Å². The van der Waals surface area contributed by atoms with Gasteiger partial charge in [-0.05, 0) is 35.6 Å². The fourth-order valence-corrected chi connectivity index (χ4v) is 1.27. The van der Waals surface area contributed by atoms with Gasteiger partial charge in [0.25, 0.3) is 0 Å². The van der Waals surface area contributed by atoms with Crippen LogP contribution >= 0.6 is 0 Å². The van der Waals surface area contributed by atoms with Crippen LogP contribution in [0.25, 0.3) is 5.57 Å². The Morgan fingerprint density at radius 1 is 1.20 bits per heavy atom. The molecule has 0 nitrogen and oxygen atoms in total. The van der Waals surface area contributed by atoms with E-state index in [9.17, 15) is 4.39 Å². The molecule has 0 aliphatic heterocycles. The Bertz CT molecular complexity index is 357. The molecule has 0 unspecified atom stereocenters. The summed E-state index contributed by atoms with van der Waals surface area (Å²) in [7, 11) is 0. The molecule has 0 aliphatic carbocycles. The lowest BCUT2D eigenvalue weighted by Crippen LogP contribution is -1.94. The lowest BCUT2D eigenvalue weighted by molar-refractivity contribution is 0.627. The Balaban J connectivity index is 2.69. The second-order valence-corrected chi connectivity index (χ2v) is 4.10. The first-order valence-corrected chi connectivity index (χ1v) is 5.12. The van der Waals surface area contributed by atoms with Gasteiger partial charge in [0.15, 0.2) is 0 Å². The van der Waals surface area contributed by atoms with Crippen LogP contribution in [0.1, 0.15) is 25.8 Å². The molecule has 1 aromatic carbocycles. The van der Waals surface area contributed by atoms with Crippen LogP contribution in [0, 0.1) is 11.7 Å².